The summed E-state index contributed by atoms with van der Waals surface area (Å²) in [7, 11) is 0. The molecular formula is C25H21BrN2O4. The molecule has 0 saturated heterocycles. The Morgan fingerprint density at radius 2 is 1.91 bits per heavy atom. The summed E-state index contributed by atoms with van der Waals surface area (Å²) in [5, 5.41) is 20.6. The lowest BCUT2D eigenvalue weighted by Crippen LogP contribution is -2.01. The van der Waals surface area contributed by atoms with Crippen molar-refractivity contribution in [3.05, 3.63) is 97.5 Å². The number of nitriles is 1. The van der Waals surface area contributed by atoms with Crippen LogP contribution < -0.4 is 9.47 Å². The Labute approximate surface area is 195 Å². The van der Waals surface area contributed by atoms with Crippen molar-refractivity contribution in [2.24, 2.45) is 0 Å². The van der Waals surface area contributed by atoms with E-state index < -0.39 is 4.92 Å². The zero-order valence-corrected chi connectivity index (χ0v) is 19.3. The summed E-state index contributed by atoms with van der Waals surface area (Å²) in [5.41, 5.74) is 3.94. The molecule has 0 amide bonds. The van der Waals surface area contributed by atoms with E-state index in [2.05, 4.69) is 22.0 Å². The van der Waals surface area contributed by atoms with E-state index in [0.717, 1.165) is 16.7 Å². The smallest absolute Gasteiger partial charge is 0.269 e. The minimum absolute atomic E-state index is 0.0100. The molecule has 0 spiro atoms. The summed E-state index contributed by atoms with van der Waals surface area (Å²) in [5.74, 6) is 1.00. The molecule has 162 valence electrons. The van der Waals surface area contributed by atoms with Crippen molar-refractivity contribution < 1.29 is 14.4 Å². The molecule has 3 rings (SSSR count). The van der Waals surface area contributed by atoms with Gasteiger partial charge in [-0.2, -0.15) is 5.26 Å². The fourth-order valence-electron chi connectivity index (χ4n) is 3.07. The van der Waals surface area contributed by atoms with E-state index in [4.69, 9.17) is 9.47 Å². The molecule has 0 aliphatic rings. The van der Waals surface area contributed by atoms with Gasteiger partial charge in [-0.3, -0.25) is 10.1 Å². The van der Waals surface area contributed by atoms with Gasteiger partial charge >= 0.3 is 0 Å². The third kappa shape index (κ3) is 5.74. The maximum atomic E-state index is 11.0. The normalized spacial score (nSPS) is 11.0. The van der Waals surface area contributed by atoms with Crippen molar-refractivity contribution in [2.75, 3.05) is 6.61 Å². The van der Waals surface area contributed by atoms with Crippen LogP contribution in [0.15, 0.2) is 65.1 Å². The van der Waals surface area contributed by atoms with Crippen molar-refractivity contribution in [2.45, 2.75) is 20.5 Å². The Kier molecular flexibility index (Phi) is 7.63. The summed E-state index contributed by atoms with van der Waals surface area (Å²) in [6.07, 6.45) is 1.79. The molecule has 0 heterocycles. The second kappa shape index (κ2) is 10.6. The minimum atomic E-state index is -0.438. The van der Waals surface area contributed by atoms with Gasteiger partial charge in [0.15, 0.2) is 11.5 Å². The average molecular weight is 493 g/mol. The topological polar surface area (TPSA) is 85.4 Å². The molecule has 0 radical (unpaired) electrons. The number of ether oxygens (including phenoxy) is 2. The highest BCUT2D eigenvalue weighted by molar-refractivity contribution is 9.10. The van der Waals surface area contributed by atoms with Gasteiger partial charge < -0.3 is 9.47 Å². The Bertz CT molecular complexity index is 1200. The fraction of sp³-hybridized carbons (Fsp3) is 0.160. The number of rotatable bonds is 8. The lowest BCUT2D eigenvalue weighted by molar-refractivity contribution is -0.384. The Hall–Kier alpha value is -3.63. The van der Waals surface area contributed by atoms with Gasteiger partial charge in [-0.05, 0) is 64.7 Å². The number of hydrogen-bond donors (Lipinski definition) is 0. The van der Waals surface area contributed by atoms with Gasteiger partial charge in [0.25, 0.3) is 5.69 Å². The number of nitrogens with zero attached hydrogens (tertiary/aromatic N) is 2. The van der Waals surface area contributed by atoms with Gasteiger partial charge in [0.05, 0.1) is 27.6 Å². The summed E-state index contributed by atoms with van der Waals surface area (Å²) in [6.45, 7) is 4.43. The van der Waals surface area contributed by atoms with Crippen LogP contribution >= 0.6 is 15.9 Å². The lowest BCUT2D eigenvalue weighted by Gasteiger charge is -2.15. The molecule has 7 heteroatoms. The molecule has 3 aromatic rings. The molecule has 0 bridgehead atoms. The van der Waals surface area contributed by atoms with Crippen molar-refractivity contribution in [1.29, 1.82) is 5.26 Å². The first-order chi connectivity index (χ1) is 15.4. The van der Waals surface area contributed by atoms with E-state index in [1.807, 2.05) is 50.2 Å². The molecule has 0 atom stereocenters. The molecule has 0 fully saturated rings. The molecule has 0 N–H and O–H groups in total. The first-order valence-corrected chi connectivity index (χ1v) is 10.7. The molecule has 0 unspecified atom stereocenters. The highest BCUT2D eigenvalue weighted by atomic mass is 79.9. The Morgan fingerprint density at radius 3 is 2.56 bits per heavy atom. The molecule has 32 heavy (non-hydrogen) atoms. The van der Waals surface area contributed by atoms with Crippen molar-refractivity contribution in [3.8, 4) is 17.6 Å². The third-order valence-corrected chi connectivity index (χ3v) is 5.22. The minimum Gasteiger partial charge on any atom is -0.490 e. The van der Waals surface area contributed by atoms with E-state index >= 15 is 0 Å². The quantitative estimate of drug-likeness (QED) is 0.151. The zero-order valence-electron chi connectivity index (χ0n) is 17.7. The predicted molar refractivity (Wildman–Crippen MR) is 127 cm³/mol. The van der Waals surface area contributed by atoms with Crippen LogP contribution in [-0.4, -0.2) is 11.5 Å². The van der Waals surface area contributed by atoms with Crippen LogP contribution in [0.5, 0.6) is 11.5 Å². The molecule has 0 aliphatic carbocycles. The highest BCUT2D eigenvalue weighted by Crippen LogP contribution is 2.38. The number of non-ortho nitro benzene ring substituents is 1. The second-order valence-corrected chi connectivity index (χ2v) is 7.87. The van der Waals surface area contributed by atoms with E-state index in [0.29, 0.717) is 33.7 Å². The van der Waals surface area contributed by atoms with Crippen LogP contribution in [0.1, 0.15) is 29.2 Å². The fourth-order valence-corrected chi connectivity index (χ4v) is 3.64. The monoisotopic (exact) mass is 492 g/mol. The number of allylic oxidation sites excluding steroid dienone is 1. The largest absolute Gasteiger partial charge is 0.490 e. The van der Waals surface area contributed by atoms with Gasteiger partial charge in [-0.1, -0.05) is 42.0 Å². The number of hydrogen-bond acceptors (Lipinski definition) is 5. The van der Waals surface area contributed by atoms with Crippen LogP contribution in [0.3, 0.4) is 0 Å². The SMILES string of the molecule is CCOc1cc(/C=C(/C#N)c2ccc(C)cc2)cc(Br)c1OCc1cccc([N+](=O)[O-])c1. The van der Waals surface area contributed by atoms with Crippen molar-refractivity contribution in [1.82, 2.24) is 0 Å². The first kappa shape index (κ1) is 23.0. The van der Waals surface area contributed by atoms with E-state index in [1.54, 1.807) is 18.2 Å². The molecule has 6 nitrogen and oxygen atoms in total. The van der Waals surface area contributed by atoms with Gasteiger partial charge in [-0.25, -0.2) is 0 Å². The van der Waals surface area contributed by atoms with Crippen LogP contribution in [0, 0.1) is 28.4 Å². The van der Waals surface area contributed by atoms with E-state index in [1.165, 1.54) is 12.1 Å². The van der Waals surface area contributed by atoms with Gasteiger partial charge in [0, 0.05) is 12.1 Å². The Morgan fingerprint density at radius 1 is 1.16 bits per heavy atom. The lowest BCUT2D eigenvalue weighted by atomic mass is 10.0. The van der Waals surface area contributed by atoms with Crippen LogP contribution in [-0.2, 0) is 6.61 Å². The molecular weight excluding hydrogens is 472 g/mol. The number of aryl methyl sites for hydroxylation is 1. The Balaban J connectivity index is 1.90. The predicted octanol–water partition coefficient (Wildman–Crippen LogP) is 6.71. The van der Waals surface area contributed by atoms with Crippen molar-refractivity contribution >= 4 is 33.3 Å². The standard InChI is InChI=1S/C25H21BrN2O4/c1-3-31-24-14-19(11-21(15-27)20-9-7-17(2)8-10-20)13-23(26)25(24)32-16-18-5-4-6-22(12-18)28(29)30/h4-14H,3,16H2,1-2H3/b21-11-. The maximum absolute atomic E-state index is 11.0. The van der Waals surface area contributed by atoms with Crippen LogP contribution in [0.25, 0.3) is 11.6 Å². The van der Waals surface area contributed by atoms with Gasteiger partial charge in [-0.15, -0.1) is 0 Å². The second-order valence-electron chi connectivity index (χ2n) is 7.01. The number of halogens is 1. The van der Waals surface area contributed by atoms with Crippen LogP contribution in [0.4, 0.5) is 5.69 Å². The molecule has 0 aromatic heterocycles. The van der Waals surface area contributed by atoms with Crippen LogP contribution in [0.2, 0.25) is 0 Å². The summed E-state index contributed by atoms with van der Waals surface area (Å²) in [6, 6.07) is 20.0. The average Bonchev–Trinajstić information content (AvgIpc) is 2.78. The number of nitro benzene ring substituents is 1. The number of nitro groups is 1. The van der Waals surface area contributed by atoms with E-state index in [9.17, 15) is 15.4 Å². The maximum Gasteiger partial charge on any atom is 0.269 e. The zero-order chi connectivity index (χ0) is 23.1. The van der Waals surface area contributed by atoms with Gasteiger partial charge in [0.2, 0.25) is 0 Å². The van der Waals surface area contributed by atoms with E-state index in [-0.39, 0.29) is 12.3 Å². The van der Waals surface area contributed by atoms with Crippen molar-refractivity contribution in [3.63, 3.8) is 0 Å². The first-order valence-electron chi connectivity index (χ1n) is 9.92. The summed E-state index contributed by atoms with van der Waals surface area (Å²) >= 11 is 3.53. The molecule has 0 saturated carbocycles. The van der Waals surface area contributed by atoms with Gasteiger partial charge in [0.1, 0.15) is 6.61 Å². The highest BCUT2D eigenvalue weighted by Gasteiger charge is 2.14. The summed E-state index contributed by atoms with van der Waals surface area (Å²) in [4.78, 5) is 10.6. The molecule has 3 aromatic carbocycles. The molecule has 0 aliphatic heterocycles. The third-order valence-electron chi connectivity index (χ3n) is 4.63. The summed E-state index contributed by atoms with van der Waals surface area (Å²) < 4.78 is 12.4. The number of benzene rings is 3.